The first-order chi connectivity index (χ1) is 7.24. The molecule has 0 bridgehead atoms. The van der Waals surface area contributed by atoms with Crippen molar-refractivity contribution in [1.29, 1.82) is 0 Å². The highest BCUT2D eigenvalue weighted by Crippen LogP contribution is 1.30. The van der Waals surface area contributed by atoms with E-state index in [0.29, 0.717) is 0 Å². The van der Waals surface area contributed by atoms with Crippen molar-refractivity contribution in [2.75, 3.05) is 19.8 Å². The van der Waals surface area contributed by atoms with Crippen molar-refractivity contribution in [3.8, 4) is 0 Å². The molecule has 0 atom stereocenters. The van der Waals surface area contributed by atoms with Gasteiger partial charge in [-0.15, -0.1) is 39.5 Å². The molecule has 96 valence electrons. The zero-order valence-electron chi connectivity index (χ0n) is 10.7. The predicted molar refractivity (Wildman–Crippen MR) is 72.0 cm³/mol. The molecule has 0 spiro atoms. The van der Waals surface area contributed by atoms with Crippen LogP contribution in [0.3, 0.4) is 0 Å². The molecule has 15 heavy (non-hydrogen) atoms. The van der Waals surface area contributed by atoms with Crippen LogP contribution in [-0.4, -0.2) is 35.1 Å². The van der Waals surface area contributed by atoms with E-state index in [9.17, 15) is 0 Å². The second kappa shape index (κ2) is 435. The summed E-state index contributed by atoms with van der Waals surface area (Å²) >= 11 is 0. The lowest BCUT2D eigenvalue weighted by molar-refractivity contribution is 0.318. The molecule has 0 heterocycles. The van der Waals surface area contributed by atoms with Crippen molar-refractivity contribution in [2.45, 2.75) is 20.8 Å². The fourth-order valence-corrected chi connectivity index (χ4v) is 0. The summed E-state index contributed by atoms with van der Waals surface area (Å²) in [5.41, 5.74) is 0. The number of aliphatic hydroxyl groups excluding tert-OH is 3. The minimum atomic E-state index is 0.250. The fraction of sp³-hybridized carbons (Fsp3) is 0.500. The van der Waals surface area contributed by atoms with E-state index in [1.165, 1.54) is 0 Å². The largest absolute Gasteiger partial charge is 0.397 e. The van der Waals surface area contributed by atoms with Crippen molar-refractivity contribution in [3.05, 3.63) is 39.5 Å². The van der Waals surface area contributed by atoms with Gasteiger partial charge in [0.05, 0.1) is 0 Å². The Balaban J connectivity index is -0.0000000164. The summed E-state index contributed by atoms with van der Waals surface area (Å²) in [6.07, 6.45) is 0. The molecule has 3 nitrogen and oxygen atoms in total. The van der Waals surface area contributed by atoms with Gasteiger partial charge in [0.25, 0.3) is 0 Å². The third kappa shape index (κ3) is 1990. The lowest BCUT2D eigenvalue weighted by Gasteiger charge is -1.52. The average molecular weight is 222 g/mol. The van der Waals surface area contributed by atoms with E-state index >= 15 is 0 Å². The Kier molecular flexibility index (Phi) is 1070. The van der Waals surface area contributed by atoms with Crippen LogP contribution in [0.2, 0.25) is 0 Å². The first-order valence-corrected chi connectivity index (χ1v) is 4.57. The van der Waals surface area contributed by atoms with Crippen LogP contribution in [0.1, 0.15) is 20.8 Å². The predicted octanol–water partition coefficient (Wildman–Crippen LogP) is 2.40. The van der Waals surface area contributed by atoms with Crippen LogP contribution in [0.15, 0.2) is 39.5 Å². The maximum atomic E-state index is 7.57. The summed E-state index contributed by atoms with van der Waals surface area (Å²) in [5, 5.41) is 22.7. The zero-order chi connectivity index (χ0) is 14.1. The highest BCUT2D eigenvalue weighted by molar-refractivity contribution is 4.22. The highest BCUT2D eigenvalue weighted by atomic mass is 16.3. The first-order valence-electron chi connectivity index (χ1n) is 4.57. The van der Waals surface area contributed by atoms with E-state index in [1.54, 1.807) is 20.8 Å². The highest BCUT2D eigenvalue weighted by Gasteiger charge is 1.35. The third-order valence-electron chi connectivity index (χ3n) is 0. The smallest absolute Gasteiger partial charge is 0.0402 e. The quantitative estimate of drug-likeness (QED) is 0.552. The molecule has 3 N–H and O–H groups in total. The number of hydrogen-bond acceptors (Lipinski definition) is 3. The topological polar surface area (TPSA) is 60.7 Å². The maximum Gasteiger partial charge on any atom is 0.0402 e. The maximum absolute atomic E-state index is 7.57. The molecular formula is C12H30O3. The van der Waals surface area contributed by atoms with Gasteiger partial charge >= 0.3 is 0 Å². The molecule has 0 fully saturated rings. The third-order valence-corrected chi connectivity index (χ3v) is 0. The summed E-state index contributed by atoms with van der Waals surface area (Å²) in [5.74, 6) is 0. The minimum Gasteiger partial charge on any atom is -0.397 e. The van der Waals surface area contributed by atoms with Gasteiger partial charge in [-0.1, -0.05) is 0 Å². The second-order valence-electron chi connectivity index (χ2n) is 0.949. The van der Waals surface area contributed by atoms with Gasteiger partial charge in [0.15, 0.2) is 0 Å². The molecule has 0 aromatic rings. The van der Waals surface area contributed by atoms with E-state index in [4.69, 9.17) is 15.3 Å². The Morgan fingerprint density at radius 2 is 0.533 bits per heavy atom. The van der Waals surface area contributed by atoms with E-state index in [1.807, 2.05) is 0 Å². The van der Waals surface area contributed by atoms with Crippen molar-refractivity contribution in [2.24, 2.45) is 0 Å². The SMILES string of the molecule is C=C.C=C.C=C.CCO.CCO.CCO. The van der Waals surface area contributed by atoms with E-state index < -0.39 is 0 Å². The standard InChI is InChI=1S/3C2H6O.3C2H4/c3*1-2-3;3*1-2/h3*3H,2H2,1H3;3*1-2H2. The molecule has 0 aromatic carbocycles. The zero-order valence-corrected chi connectivity index (χ0v) is 10.7. The second-order valence-corrected chi connectivity index (χ2v) is 0.949. The average Bonchev–Trinajstić information content (AvgIpc) is 2.29. The Morgan fingerprint density at radius 1 is 0.533 bits per heavy atom. The van der Waals surface area contributed by atoms with Crippen molar-refractivity contribution in [3.63, 3.8) is 0 Å². The van der Waals surface area contributed by atoms with Gasteiger partial charge in [-0.25, -0.2) is 0 Å². The van der Waals surface area contributed by atoms with Crippen molar-refractivity contribution in [1.82, 2.24) is 0 Å². The molecule has 3 heteroatoms. The fourth-order valence-electron chi connectivity index (χ4n) is 0. The Bertz CT molecular complexity index is 32.3. The van der Waals surface area contributed by atoms with E-state index in [-0.39, 0.29) is 19.8 Å². The number of hydrogen-bond donors (Lipinski definition) is 3. The number of aliphatic hydroxyl groups is 3. The van der Waals surface area contributed by atoms with Crippen LogP contribution in [0.5, 0.6) is 0 Å². The molecular weight excluding hydrogens is 192 g/mol. The normalized spacial score (nSPS) is 4.40. The Labute approximate surface area is 96.1 Å². The Morgan fingerprint density at radius 3 is 0.533 bits per heavy atom. The summed E-state index contributed by atoms with van der Waals surface area (Å²) in [6.45, 7) is 23.8. The van der Waals surface area contributed by atoms with E-state index in [0.717, 1.165) is 0 Å². The molecule has 0 aliphatic carbocycles. The summed E-state index contributed by atoms with van der Waals surface area (Å²) in [4.78, 5) is 0. The van der Waals surface area contributed by atoms with Crippen molar-refractivity contribution >= 4 is 0 Å². The molecule has 0 rings (SSSR count). The summed E-state index contributed by atoms with van der Waals surface area (Å²) < 4.78 is 0. The van der Waals surface area contributed by atoms with Gasteiger partial charge in [-0.05, 0) is 20.8 Å². The van der Waals surface area contributed by atoms with Crippen LogP contribution < -0.4 is 0 Å². The monoisotopic (exact) mass is 222 g/mol. The van der Waals surface area contributed by atoms with Crippen LogP contribution in [0.4, 0.5) is 0 Å². The van der Waals surface area contributed by atoms with E-state index in [2.05, 4.69) is 39.5 Å². The molecule has 0 aromatic heterocycles. The molecule has 0 amide bonds. The molecule has 0 radical (unpaired) electrons. The van der Waals surface area contributed by atoms with Gasteiger partial charge in [0.2, 0.25) is 0 Å². The van der Waals surface area contributed by atoms with Gasteiger partial charge < -0.3 is 15.3 Å². The lowest BCUT2D eigenvalue weighted by atomic mass is 10.9. The van der Waals surface area contributed by atoms with Crippen LogP contribution in [0.25, 0.3) is 0 Å². The number of rotatable bonds is 0. The molecule has 0 saturated heterocycles. The van der Waals surface area contributed by atoms with Gasteiger partial charge in [0, 0.05) is 19.8 Å². The van der Waals surface area contributed by atoms with Gasteiger partial charge in [0.1, 0.15) is 0 Å². The van der Waals surface area contributed by atoms with Gasteiger partial charge in [-0.2, -0.15) is 0 Å². The van der Waals surface area contributed by atoms with Crippen LogP contribution >= 0.6 is 0 Å². The minimum absolute atomic E-state index is 0.250. The molecule has 0 saturated carbocycles. The lowest BCUT2D eigenvalue weighted by Crippen LogP contribution is -1.57. The van der Waals surface area contributed by atoms with Crippen molar-refractivity contribution < 1.29 is 15.3 Å². The molecule has 0 unspecified atom stereocenters. The first kappa shape index (κ1) is 36.9. The van der Waals surface area contributed by atoms with Gasteiger partial charge in [-0.3, -0.25) is 0 Å². The summed E-state index contributed by atoms with van der Waals surface area (Å²) in [7, 11) is 0. The molecule has 0 aliphatic rings. The van der Waals surface area contributed by atoms with Crippen LogP contribution in [0, 0.1) is 0 Å². The molecule has 0 aliphatic heterocycles. The summed E-state index contributed by atoms with van der Waals surface area (Å²) in [6, 6.07) is 0. The Hall–Kier alpha value is -0.900. The van der Waals surface area contributed by atoms with Crippen LogP contribution in [-0.2, 0) is 0 Å².